The molecule has 3 rings (SSSR count). The Morgan fingerprint density at radius 1 is 0.968 bits per heavy atom. The highest BCUT2D eigenvalue weighted by Gasteiger charge is 2.21. The first-order valence-electron chi connectivity index (χ1n) is 9.14. The average Bonchev–Trinajstić information content (AvgIpc) is 2.70. The molecule has 0 aliphatic carbocycles. The Labute approximate surface area is 196 Å². The molecule has 0 bridgehead atoms. The molecular formula is C22H19Cl3N2O3S. The van der Waals surface area contributed by atoms with Crippen LogP contribution in [0.5, 0.6) is 0 Å². The van der Waals surface area contributed by atoms with Crippen molar-refractivity contribution in [2.45, 2.75) is 13.5 Å². The van der Waals surface area contributed by atoms with Crippen LogP contribution >= 0.6 is 34.8 Å². The van der Waals surface area contributed by atoms with Gasteiger partial charge in [0.1, 0.15) is 0 Å². The minimum Gasteiger partial charge on any atom is -0.322 e. The Morgan fingerprint density at radius 2 is 1.58 bits per heavy atom. The van der Waals surface area contributed by atoms with Crippen LogP contribution in [0.1, 0.15) is 21.5 Å². The quantitative estimate of drug-likeness (QED) is 0.442. The number of sulfonamides is 1. The van der Waals surface area contributed by atoms with Crippen LogP contribution in [0, 0.1) is 6.92 Å². The Bertz CT molecular complexity index is 1210. The molecule has 1 N–H and O–H groups in total. The van der Waals surface area contributed by atoms with Gasteiger partial charge in [-0.1, -0.05) is 46.9 Å². The summed E-state index contributed by atoms with van der Waals surface area (Å²) in [6.45, 7) is 1.82. The number of halogens is 3. The summed E-state index contributed by atoms with van der Waals surface area (Å²) < 4.78 is 26.1. The van der Waals surface area contributed by atoms with Crippen LogP contribution in [0.3, 0.4) is 0 Å². The zero-order valence-corrected chi connectivity index (χ0v) is 19.8. The lowest BCUT2D eigenvalue weighted by Crippen LogP contribution is -2.29. The summed E-state index contributed by atoms with van der Waals surface area (Å²) in [5.74, 6) is -0.336. The number of benzene rings is 3. The lowest BCUT2D eigenvalue weighted by Gasteiger charge is -2.23. The normalized spacial score (nSPS) is 11.3. The maximum atomic E-state index is 12.6. The topological polar surface area (TPSA) is 66.5 Å². The number of carbonyl (C=O) groups is 1. The van der Waals surface area contributed by atoms with E-state index in [9.17, 15) is 13.2 Å². The summed E-state index contributed by atoms with van der Waals surface area (Å²) in [4.78, 5) is 12.6. The van der Waals surface area contributed by atoms with Gasteiger partial charge in [-0.2, -0.15) is 0 Å². The molecule has 9 heteroatoms. The van der Waals surface area contributed by atoms with Crippen LogP contribution in [0.2, 0.25) is 15.1 Å². The molecule has 0 spiro atoms. The third kappa shape index (κ3) is 5.71. The highest BCUT2D eigenvalue weighted by Crippen LogP contribution is 2.29. The molecular weight excluding hydrogens is 479 g/mol. The summed E-state index contributed by atoms with van der Waals surface area (Å²) in [6, 6.07) is 16.4. The molecule has 31 heavy (non-hydrogen) atoms. The van der Waals surface area contributed by atoms with E-state index in [1.54, 1.807) is 54.6 Å². The molecule has 0 unspecified atom stereocenters. The highest BCUT2D eigenvalue weighted by atomic mass is 35.5. The number of nitrogens with one attached hydrogen (secondary N) is 1. The van der Waals surface area contributed by atoms with E-state index in [1.165, 1.54) is 4.31 Å². The van der Waals surface area contributed by atoms with Crippen LogP contribution < -0.4 is 9.62 Å². The molecule has 0 heterocycles. The van der Waals surface area contributed by atoms with E-state index in [2.05, 4.69) is 5.32 Å². The van der Waals surface area contributed by atoms with Crippen molar-refractivity contribution in [2.24, 2.45) is 0 Å². The molecule has 0 atom stereocenters. The summed E-state index contributed by atoms with van der Waals surface area (Å²) in [6.07, 6.45) is 1.10. The number of hydrogen-bond donors (Lipinski definition) is 1. The maximum Gasteiger partial charge on any atom is 0.255 e. The second kappa shape index (κ2) is 9.49. The number of amides is 1. The number of aryl methyl sites for hydroxylation is 1. The fourth-order valence-electron chi connectivity index (χ4n) is 2.93. The third-order valence-electron chi connectivity index (χ3n) is 4.63. The lowest BCUT2D eigenvalue weighted by molar-refractivity contribution is 0.102. The molecule has 3 aromatic carbocycles. The SMILES string of the molecule is Cc1ccc(Cl)cc1NC(=O)c1ccc(N(Cc2c(Cl)cccc2Cl)S(C)(=O)=O)cc1. The van der Waals surface area contributed by atoms with Crippen LogP contribution in [0.15, 0.2) is 60.7 Å². The molecule has 162 valence electrons. The third-order valence-corrected chi connectivity index (χ3v) is 6.71. The number of rotatable bonds is 6. The van der Waals surface area contributed by atoms with Crippen molar-refractivity contribution in [3.05, 3.63) is 92.4 Å². The van der Waals surface area contributed by atoms with E-state index in [0.717, 1.165) is 11.8 Å². The van der Waals surface area contributed by atoms with E-state index in [0.29, 0.717) is 37.6 Å². The van der Waals surface area contributed by atoms with Crippen LogP contribution in [-0.2, 0) is 16.6 Å². The number of hydrogen-bond acceptors (Lipinski definition) is 3. The van der Waals surface area contributed by atoms with Gasteiger partial charge in [0.2, 0.25) is 10.0 Å². The predicted molar refractivity (Wildman–Crippen MR) is 128 cm³/mol. The molecule has 0 aliphatic rings. The molecule has 1 amide bonds. The first-order valence-corrected chi connectivity index (χ1v) is 12.1. The molecule has 0 aromatic heterocycles. The summed E-state index contributed by atoms with van der Waals surface area (Å²) in [7, 11) is -3.64. The standard InChI is InChI=1S/C22H19Cl3N2O3S/c1-14-6-9-16(23)12-21(14)26-22(28)15-7-10-17(11-8-15)27(31(2,29)30)13-18-19(24)4-3-5-20(18)25/h3-12H,13H2,1-2H3,(H,26,28). The Hall–Kier alpha value is -2.25. The number of carbonyl (C=O) groups excluding carboxylic acids is 1. The Balaban J connectivity index is 1.86. The first kappa shape index (κ1) is 23.4. The van der Waals surface area contributed by atoms with Gasteiger partial charge < -0.3 is 5.32 Å². The summed E-state index contributed by atoms with van der Waals surface area (Å²) in [5, 5.41) is 4.06. The fraction of sp³-hybridized carbons (Fsp3) is 0.136. The lowest BCUT2D eigenvalue weighted by atomic mass is 10.1. The first-order chi connectivity index (χ1) is 14.6. The van der Waals surface area contributed by atoms with E-state index >= 15 is 0 Å². The van der Waals surface area contributed by atoms with Gasteiger partial charge in [-0.15, -0.1) is 0 Å². The predicted octanol–water partition coefficient (Wildman–Crippen LogP) is 6.17. The van der Waals surface area contributed by atoms with Gasteiger partial charge in [0.05, 0.1) is 18.5 Å². The van der Waals surface area contributed by atoms with Crippen molar-refractivity contribution >= 4 is 62.1 Å². The molecule has 3 aromatic rings. The second-order valence-electron chi connectivity index (χ2n) is 6.93. The zero-order valence-electron chi connectivity index (χ0n) is 16.7. The summed E-state index contributed by atoms with van der Waals surface area (Å²) >= 11 is 18.4. The molecule has 0 saturated carbocycles. The summed E-state index contributed by atoms with van der Waals surface area (Å²) in [5.41, 5.74) is 2.72. The fourth-order valence-corrected chi connectivity index (χ4v) is 4.49. The van der Waals surface area contributed by atoms with Crippen molar-refractivity contribution in [2.75, 3.05) is 15.9 Å². The van der Waals surface area contributed by atoms with E-state index in [4.69, 9.17) is 34.8 Å². The average molecular weight is 498 g/mol. The minimum absolute atomic E-state index is 0.0371. The maximum absolute atomic E-state index is 12.6. The van der Waals surface area contributed by atoms with Crippen LogP contribution in [0.25, 0.3) is 0 Å². The van der Waals surface area contributed by atoms with E-state index in [1.807, 2.05) is 13.0 Å². The Kier molecular flexibility index (Phi) is 7.17. The zero-order chi connectivity index (χ0) is 22.8. The number of nitrogens with zero attached hydrogens (tertiary/aromatic N) is 1. The molecule has 0 radical (unpaired) electrons. The van der Waals surface area contributed by atoms with E-state index in [-0.39, 0.29) is 12.5 Å². The number of anilines is 2. The van der Waals surface area contributed by atoms with Crippen molar-refractivity contribution in [1.29, 1.82) is 0 Å². The van der Waals surface area contributed by atoms with E-state index < -0.39 is 10.0 Å². The Morgan fingerprint density at radius 3 is 2.16 bits per heavy atom. The van der Waals surface area contributed by atoms with Crippen molar-refractivity contribution in [3.63, 3.8) is 0 Å². The smallest absolute Gasteiger partial charge is 0.255 e. The second-order valence-corrected chi connectivity index (χ2v) is 10.1. The van der Waals surface area contributed by atoms with Crippen molar-refractivity contribution < 1.29 is 13.2 Å². The van der Waals surface area contributed by atoms with Gasteiger partial charge in [-0.3, -0.25) is 9.10 Å². The van der Waals surface area contributed by atoms with Gasteiger partial charge in [-0.25, -0.2) is 8.42 Å². The highest BCUT2D eigenvalue weighted by molar-refractivity contribution is 7.92. The molecule has 0 aliphatic heterocycles. The van der Waals surface area contributed by atoms with Gasteiger partial charge in [0.15, 0.2) is 0 Å². The van der Waals surface area contributed by atoms with Crippen LogP contribution in [-0.4, -0.2) is 20.6 Å². The van der Waals surface area contributed by atoms with Crippen LogP contribution in [0.4, 0.5) is 11.4 Å². The molecule has 0 fully saturated rings. The van der Waals surface area contributed by atoms with Gasteiger partial charge in [0, 0.05) is 31.9 Å². The van der Waals surface area contributed by atoms with Crippen molar-refractivity contribution in [3.8, 4) is 0 Å². The van der Waals surface area contributed by atoms with Gasteiger partial charge in [-0.05, 0) is 61.0 Å². The van der Waals surface area contributed by atoms with Gasteiger partial charge >= 0.3 is 0 Å². The largest absolute Gasteiger partial charge is 0.322 e. The molecule has 5 nitrogen and oxygen atoms in total. The molecule has 0 saturated heterocycles. The van der Waals surface area contributed by atoms with Gasteiger partial charge in [0.25, 0.3) is 5.91 Å². The minimum atomic E-state index is -3.64. The van der Waals surface area contributed by atoms with Crippen molar-refractivity contribution in [1.82, 2.24) is 0 Å². The monoisotopic (exact) mass is 496 g/mol.